The van der Waals surface area contributed by atoms with Gasteiger partial charge in [-0.25, -0.2) is 5.43 Å². The predicted octanol–water partition coefficient (Wildman–Crippen LogP) is 2.20. The number of ether oxygens (including phenoxy) is 1. The summed E-state index contributed by atoms with van der Waals surface area (Å²) in [6.07, 6.45) is 1.24. The van der Waals surface area contributed by atoms with E-state index in [4.69, 9.17) is 4.74 Å². The van der Waals surface area contributed by atoms with Crippen LogP contribution in [0.15, 0.2) is 52.4 Å². The number of hydrogen-bond acceptors (Lipinski definition) is 7. The van der Waals surface area contributed by atoms with Crippen LogP contribution >= 0.6 is 0 Å². The molecule has 1 aromatic heterocycles. The lowest BCUT2D eigenvalue weighted by atomic mass is 10.1. The van der Waals surface area contributed by atoms with Gasteiger partial charge in [-0.1, -0.05) is 23.8 Å². The molecule has 9 heteroatoms. The van der Waals surface area contributed by atoms with Crippen LogP contribution in [0.2, 0.25) is 0 Å². The molecule has 0 bridgehead atoms. The van der Waals surface area contributed by atoms with E-state index in [1.54, 1.807) is 42.5 Å². The maximum absolute atomic E-state index is 12.7. The van der Waals surface area contributed by atoms with Gasteiger partial charge in [0.1, 0.15) is 11.6 Å². The number of benzene rings is 2. The van der Waals surface area contributed by atoms with Crippen molar-refractivity contribution in [2.75, 3.05) is 7.11 Å². The lowest BCUT2D eigenvalue weighted by Crippen LogP contribution is -2.31. The van der Waals surface area contributed by atoms with Crippen LogP contribution in [0, 0.1) is 25.2 Å². The average Bonchev–Trinajstić information content (AvgIpc) is 2.76. The Morgan fingerprint density at radius 2 is 1.97 bits per heavy atom. The summed E-state index contributed by atoms with van der Waals surface area (Å²) in [5, 5.41) is 27.5. The number of carbonyl (C=O) groups is 1. The third kappa shape index (κ3) is 4.28. The van der Waals surface area contributed by atoms with Crippen molar-refractivity contribution in [1.82, 2.24) is 15.2 Å². The summed E-state index contributed by atoms with van der Waals surface area (Å²) in [5.74, 6) is -0.581. The lowest BCUT2D eigenvalue weighted by molar-refractivity contribution is 0.0947. The van der Waals surface area contributed by atoms with Crippen molar-refractivity contribution in [2.24, 2.45) is 5.10 Å². The smallest absolute Gasteiger partial charge is 0.292 e. The van der Waals surface area contributed by atoms with E-state index in [1.807, 2.05) is 13.0 Å². The van der Waals surface area contributed by atoms with Crippen LogP contribution in [0.4, 0.5) is 0 Å². The van der Waals surface area contributed by atoms with Gasteiger partial charge in [-0.3, -0.25) is 9.59 Å². The summed E-state index contributed by atoms with van der Waals surface area (Å²) >= 11 is 0. The minimum absolute atomic E-state index is 0.122. The summed E-state index contributed by atoms with van der Waals surface area (Å²) in [6.45, 7) is 3.37. The largest absolute Gasteiger partial charge is 0.504 e. The summed E-state index contributed by atoms with van der Waals surface area (Å²) in [6, 6.07) is 13.6. The normalized spacial score (nSPS) is 10.6. The number of para-hydroxylation sites is 1. The zero-order valence-electron chi connectivity index (χ0n) is 17.1. The van der Waals surface area contributed by atoms with Crippen molar-refractivity contribution in [1.29, 1.82) is 5.26 Å². The molecule has 0 aliphatic rings. The maximum Gasteiger partial charge on any atom is 0.292 e. The molecular formula is C22H19N5O4. The highest BCUT2D eigenvalue weighted by Gasteiger charge is 2.20. The van der Waals surface area contributed by atoms with Crippen LogP contribution in [0.1, 0.15) is 32.7 Å². The Labute approximate surface area is 177 Å². The fraction of sp³-hybridized carbons (Fsp3) is 0.136. The SMILES string of the molecule is COc1cccc(/C=N/NC(=O)c2nn(-c3ccc(C)cc3)c(=O)c(C#N)c2C)c1O. The van der Waals surface area contributed by atoms with Crippen LogP contribution < -0.4 is 15.7 Å². The van der Waals surface area contributed by atoms with Crippen LogP contribution in [0.5, 0.6) is 11.5 Å². The predicted molar refractivity (Wildman–Crippen MR) is 114 cm³/mol. The molecule has 0 fully saturated rings. The first-order chi connectivity index (χ1) is 14.9. The molecule has 0 saturated heterocycles. The quantitative estimate of drug-likeness (QED) is 0.484. The minimum atomic E-state index is -0.714. The highest BCUT2D eigenvalue weighted by atomic mass is 16.5. The second kappa shape index (κ2) is 8.92. The zero-order valence-corrected chi connectivity index (χ0v) is 17.1. The van der Waals surface area contributed by atoms with E-state index >= 15 is 0 Å². The molecule has 156 valence electrons. The number of amides is 1. The number of nitriles is 1. The Balaban J connectivity index is 1.96. The number of phenols is 1. The van der Waals surface area contributed by atoms with Crippen LogP contribution in [-0.4, -0.2) is 34.1 Å². The standard InChI is InChI=1S/C22H19N5O4/c1-13-7-9-16(10-8-13)27-22(30)17(11-23)14(2)19(26-27)21(29)25-24-12-15-5-4-6-18(31-3)20(15)28/h4-10,12,28H,1-3H3,(H,25,29)/b24-12+. The third-order valence-electron chi connectivity index (χ3n) is 4.56. The monoisotopic (exact) mass is 417 g/mol. The molecule has 2 N–H and O–H groups in total. The number of phenolic OH excluding ortho intramolecular Hbond substituents is 1. The van der Waals surface area contributed by atoms with Crippen molar-refractivity contribution < 1.29 is 14.6 Å². The van der Waals surface area contributed by atoms with Crippen molar-refractivity contribution in [3.63, 3.8) is 0 Å². The van der Waals surface area contributed by atoms with Gasteiger partial charge in [0.05, 0.1) is 19.0 Å². The van der Waals surface area contributed by atoms with Gasteiger partial charge in [0, 0.05) is 11.1 Å². The second-order valence-corrected chi connectivity index (χ2v) is 6.61. The highest BCUT2D eigenvalue weighted by molar-refractivity contribution is 5.95. The number of hydrazone groups is 1. The van der Waals surface area contributed by atoms with E-state index in [0.717, 1.165) is 10.2 Å². The first-order valence-electron chi connectivity index (χ1n) is 9.17. The van der Waals surface area contributed by atoms with E-state index in [2.05, 4.69) is 15.6 Å². The molecule has 0 aliphatic heterocycles. The number of nitrogens with one attached hydrogen (secondary N) is 1. The minimum Gasteiger partial charge on any atom is -0.504 e. The fourth-order valence-electron chi connectivity index (χ4n) is 2.84. The lowest BCUT2D eigenvalue weighted by Gasteiger charge is -2.11. The molecule has 3 aromatic rings. The summed E-state index contributed by atoms with van der Waals surface area (Å²) in [7, 11) is 1.42. The van der Waals surface area contributed by atoms with Gasteiger partial charge in [-0.05, 0) is 38.1 Å². The zero-order chi connectivity index (χ0) is 22.5. The Bertz CT molecular complexity index is 1270. The number of aromatic hydroxyl groups is 1. The van der Waals surface area contributed by atoms with Gasteiger partial charge in [-0.15, -0.1) is 0 Å². The summed E-state index contributed by atoms with van der Waals surface area (Å²) in [5.41, 5.74) is 3.25. The number of hydrogen-bond donors (Lipinski definition) is 2. The first kappa shape index (κ1) is 21.3. The van der Waals surface area contributed by atoms with E-state index in [-0.39, 0.29) is 28.3 Å². The van der Waals surface area contributed by atoms with Gasteiger partial charge < -0.3 is 9.84 Å². The van der Waals surface area contributed by atoms with Gasteiger partial charge >= 0.3 is 0 Å². The Kier molecular flexibility index (Phi) is 6.12. The number of rotatable bonds is 5. The molecule has 1 heterocycles. The van der Waals surface area contributed by atoms with Crippen molar-refractivity contribution >= 4 is 12.1 Å². The van der Waals surface area contributed by atoms with Crippen molar-refractivity contribution in [3.8, 4) is 23.3 Å². The number of carbonyl (C=O) groups excluding carboxylic acids is 1. The topological polar surface area (TPSA) is 130 Å². The van der Waals surface area contributed by atoms with Gasteiger partial charge in [0.15, 0.2) is 17.2 Å². The van der Waals surface area contributed by atoms with Crippen molar-refractivity contribution in [3.05, 3.63) is 80.8 Å². The van der Waals surface area contributed by atoms with E-state index in [1.165, 1.54) is 20.2 Å². The summed E-state index contributed by atoms with van der Waals surface area (Å²) in [4.78, 5) is 25.3. The van der Waals surface area contributed by atoms with E-state index < -0.39 is 11.5 Å². The molecule has 2 aromatic carbocycles. The maximum atomic E-state index is 12.7. The Morgan fingerprint density at radius 3 is 2.61 bits per heavy atom. The molecule has 0 radical (unpaired) electrons. The van der Waals surface area contributed by atoms with Crippen LogP contribution in [0.3, 0.4) is 0 Å². The third-order valence-corrected chi connectivity index (χ3v) is 4.56. The molecule has 0 atom stereocenters. The number of methoxy groups -OCH3 is 1. The van der Waals surface area contributed by atoms with E-state index in [9.17, 15) is 20.0 Å². The van der Waals surface area contributed by atoms with Gasteiger partial charge in [0.25, 0.3) is 11.5 Å². The molecule has 0 spiro atoms. The number of aromatic nitrogens is 2. The molecule has 1 amide bonds. The Hall–Kier alpha value is -4.45. The molecule has 0 unspecified atom stereocenters. The first-order valence-corrected chi connectivity index (χ1v) is 9.17. The molecule has 3 rings (SSSR count). The average molecular weight is 417 g/mol. The fourth-order valence-corrected chi connectivity index (χ4v) is 2.84. The molecule has 9 nitrogen and oxygen atoms in total. The van der Waals surface area contributed by atoms with Crippen molar-refractivity contribution in [2.45, 2.75) is 13.8 Å². The summed E-state index contributed by atoms with van der Waals surface area (Å²) < 4.78 is 6.04. The second-order valence-electron chi connectivity index (χ2n) is 6.61. The van der Waals surface area contributed by atoms with Crippen LogP contribution in [0.25, 0.3) is 5.69 Å². The highest BCUT2D eigenvalue weighted by Crippen LogP contribution is 2.27. The molecular weight excluding hydrogens is 398 g/mol. The molecule has 31 heavy (non-hydrogen) atoms. The number of aryl methyl sites for hydroxylation is 1. The van der Waals surface area contributed by atoms with Gasteiger partial charge in [-0.2, -0.15) is 20.1 Å². The van der Waals surface area contributed by atoms with Crippen LogP contribution in [-0.2, 0) is 0 Å². The van der Waals surface area contributed by atoms with E-state index in [0.29, 0.717) is 11.3 Å². The van der Waals surface area contributed by atoms with Gasteiger partial charge in [0.2, 0.25) is 0 Å². The number of nitrogens with zero attached hydrogens (tertiary/aromatic N) is 4. The molecule has 0 saturated carbocycles. The Morgan fingerprint density at radius 1 is 1.26 bits per heavy atom. The molecule has 0 aliphatic carbocycles.